The molecule has 0 aromatic heterocycles. The normalized spacial score (nSPS) is 24.2. The van der Waals surface area contributed by atoms with E-state index in [4.69, 9.17) is 32.7 Å². The first kappa shape index (κ1) is 61.0. The molecular formula is C64H78Cl2N4O10S2. The highest BCUT2D eigenvalue weighted by Crippen LogP contribution is 2.49. The Bertz CT molecular complexity index is 3070. The van der Waals surface area contributed by atoms with Crippen LogP contribution in [0.5, 0.6) is 11.5 Å². The second-order valence-corrected chi connectivity index (χ2v) is 28.0. The van der Waals surface area contributed by atoms with Gasteiger partial charge in [-0.05, 0) is 196 Å². The summed E-state index contributed by atoms with van der Waals surface area (Å²) < 4.78 is 66.3. The van der Waals surface area contributed by atoms with E-state index in [0.717, 1.165) is 112 Å². The van der Waals surface area contributed by atoms with Crippen molar-refractivity contribution in [3.05, 3.63) is 167 Å². The van der Waals surface area contributed by atoms with Crippen LogP contribution < -0.4 is 28.7 Å². The number of fused-ring (bicyclic) bond motifs is 6. The van der Waals surface area contributed by atoms with Crippen LogP contribution >= 0.6 is 23.2 Å². The lowest BCUT2D eigenvalue weighted by Gasteiger charge is -2.45. The van der Waals surface area contributed by atoms with Gasteiger partial charge in [-0.1, -0.05) is 59.6 Å². The molecule has 0 saturated heterocycles. The lowest BCUT2D eigenvalue weighted by molar-refractivity contribution is 0.0799. The van der Waals surface area contributed by atoms with E-state index in [2.05, 4.69) is 69.8 Å². The van der Waals surface area contributed by atoms with Crippen LogP contribution in [0.15, 0.2) is 123 Å². The fraction of sp³-hybridized carbons (Fsp3) is 0.469. The van der Waals surface area contributed by atoms with Crippen molar-refractivity contribution in [2.24, 2.45) is 23.7 Å². The van der Waals surface area contributed by atoms with E-state index in [9.17, 15) is 36.6 Å². The zero-order chi connectivity index (χ0) is 58.4. The third kappa shape index (κ3) is 14.1. The Hall–Kier alpha value is -5.62. The monoisotopic (exact) mass is 1200 g/mol. The highest BCUT2D eigenvalue weighted by molar-refractivity contribution is 7.90. The van der Waals surface area contributed by atoms with Crippen LogP contribution in [0.3, 0.4) is 0 Å². The summed E-state index contributed by atoms with van der Waals surface area (Å²) in [5.41, 5.74) is 6.58. The number of aryl methyl sites for hydroxylation is 2. The van der Waals surface area contributed by atoms with Crippen molar-refractivity contribution in [3.63, 3.8) is 0 Å². The number of benzene rings is 4. The van der Waals surface area contributed by atoms with Crippen LogP contribution in [0.25, 0.3) is 0 Å². The first-order chi connectivity index (χ1) is 39.3. The number of amides is 2. The number of sulfonamides is 2. The Kier molecular flexibility index (Phi) is 19.4. The average molecular weight is 1200 g/mol. The van der Waals surface area contributed by atoms with E-state index >= 15 is 0 Å². The van der Waals surface area contributed by atoms with Crippen LogP contribution in [0.2, 0.25) is 10.0 Å². The fourth-order valence-electron chi connectivity index (χ4n) is 13.5. The average Bonchev–Trinajstić information content (AvgIpc) is 3.52. The van der Waals surface area contributed by atoms with Gasteiger partial charge in [-0.2, -0.15) is 0 Å². The molecule has 0 bridgehead atoms. The number of ether oxygens (including phenoxy) is 2. The van der Waals surface area contributed by atoms with Gasteiger partial charge in [0.05, 0.1) is 48.3 Å². The minimum absolute atomic E-state index is 0.253. The molecule has 6 aliphatic rings. The zero-order valence-corrected chi connectivity index (χ0v) is 49.9. The molecule has 4 N–H and O–H groups in total. The molecule has 14 nitrogen and oxygen atoms in total. The molecule has 82 heavy (non-hydrogen) atoms. The molecule has 440 valence electrons. The summed E-state index contributed by atoms with van der Waals surface area (Å²) in [5, 5.41) is 22.4. The molecular weight excluding hydrogens is 1120 g/mol. The van der Waals surface area contributed by atoms with Crippen LogP contribution in [0, 0.1) is 23.7 Å². The summed E-state index contributed by atoms with van der Waals surface area (Å²) in [7, 11) is -7.64. The molecule has 18 heteroatoms. The van der Waals surface area contributed by atoms with Gasteiger partial charge in [-0.15, -0.1) is 26.3 Å². The van der Waals surface area contributed by atoms with E-state index in [1.165, 1.54) is 34.4 Å². The summed E-state index contributed by atoms with van der Waals surface area (Å²) >= 11 is 12.7. The van der Waals surface area contributed by atoms with Crippen molar-refractivity contribution >= 4 is 66.4 Å². The molecule has 2 saturated carbocycles. The van der Waals surface area contributed by atoms with E-state index < -0.39 is 44.1 Å². The maximum absolute atomic E-state index is 13.0. The molecule has 2 fully saturated rings. The van der Waals surface area contributed by atoms with Crippen molar-refractivity contribution in [2.75, 3.05) is 60.7 Å². The summed E-state index contributed by atoms with van der Waals surface area (Å²) in [5.74, 6) is 0.889. The molecule has 0 unspecified atom stereocenters. The molecule has 2 heterocycles. The van der Waals surface area contributed by atoms with Gasteiger partial charge in [0.1, 0.15) is 11.5 Å². The van der Waals surface area contributed by atoms with Crippen LogP contribution in [0.1, 0.15) is 120 Å². The largest absolute Gasteiger partial charge is 0.490 e. The first-order valence-corrected chi connectivity index (χ1v) is 32.8. The number of anilines is 2. The van der Waals surface area contributed by atoms with Crippen LogP contribution in [-0.2, 0) is 43.7 Å². The number of hydrogen-bond acceptors (Lipinski definition) is 12. The van der Waals surface area contributed by atoms with E-state index in [-0.39, 0.29) is 33.5 Å². The Morgan fingerprint density at radius 1 is 0.598 bits per heavy atom. The van der Waals surface area contributed by atoms with Gasteiger partial charge in [0.25, 0.3) is 11.8 Å². The van der Waals surface area contributed by atoms with Gasteiger partial charge in [-0.25, -0.2) is 26.3 Å². The first-order valence-electron chi connectivity index (χ1n) is 28.8. The minimum Gasteiger partial charge on any atom is -0.490 e. The van der Waals surface area contributed by atoms with Gasteiger partial charge >= 0.3 is 0 Å². The number of carbonyl (C=O) groups excluding carboxylic acids is 2. The number of hydrogen-bond donors (Lipinski definition) is 4. The van der Waals surface area contributed by atoms with Crippen molar-refractivity contribution in [1.82, 2.24) is 9.44 Å². The number of rotatable bonds is 20. The highest BCUT2D eigenvalue weighted by Gasteiger charge is 2.46. The van der Waals surface area contributed by atoms with Crippen molar-refractivity contribution in [1.29, 1.82) is 0 Å². The Labute approximate surface area is 494 Å². The quantitative estimate of drug-likeness (QED) is 0.0613. The molecule has 2 spiro atoms. The van der Waals surface area contributed by atoms with Gasteiger partial charge in [-0.3, -0.25) is 9.59 Å². The smallest absolute Gasteiger partial charge is 0.264 e. The third-order valence-corrected chi connectivity index (χ3v) is 20.7. The van der Waals surface area contributed by atoms with E-state index in [0.29, 0.717) is 74.3 Å². The standard InChI is InChI=1S/2C32H39ClN2O5S/c2*1-3-6-27(36)17-22-8-9-25(22)19-35-20-32(14-5-7-23-16-26(33)11-12-28(23)32)21-40-30-13-10-24(18-29(30)35)31(37)34-41(38,39)15-4-2/h2*3-4,10-13,16,18,22,25,27,36H,1-2,5-9,14-15,17,19-21H2,(H,34,37)/t22-,25-,27+,32-;22-,25-,27-,32-/m00/s1. The lowest BCUT2D eigenvalue weighted by atomic mass is 9.68. The summed E-state index contributed by atoms with van der Waals surface area (Å²) in [6, 6.07) is 22.6. The summed E-state index contributed by atoms with van der Waals surface area (Å²) in [6.45, 7) is 18.4. The van der Waals surface area contributed by atoms with Crippen LogP contribution in [0.4, 0.5) is 11.4 Å². The molecule has 2 amide bonds. The number of aliphatic hydroxyl groups is 2. The van der Waals surface area contributed by atoms with Gasteiger partial charge < -0.3 is 29.5 Å². The predicted molar refractivity (Wildman–Crippen MR) is 327 cm³/mol. The molecule has 10 rings (SSSR count). The van der Waals surface area contributed by atoms with Gasteiger partial charge in [0.2, 0.25) is 20.0 Å². The second kappa shape index (κ2) is 26.1. The number of aliphatic hydroxyl groups excluding tert-OH is 2. The van der Waals surface area contributed by atoms with E-state index in [1.807, 2.05) is 12.1 Å². The second-order valence-electron chi connectivity index (χ2n) is 23.6. The number of carbonyl (C=O) groups is 2. The Morgan fingerprint density at radius 3 is 1.37 bits per heavy atom. The molecule has 4 aromatic rings. The minimum atomic E-state index is -3.82. The highest BCUT2D eigenvalue weighted by atomic mass is 35.5. The molecule has 4 aromatic carbocycles. The predicted octanol–water partition coefficient (Wildman–Crippen LogP) is 10.8. The molecule has 2 aliphatic heterocycles. The van der Waals surface area contributed by atoms with E-state index in [1.54, 1.807) is 48.6 Å². The Morgan fingerprint density at radius 2 is 1.00 bits per heavy atom. The van der Waals surface area contributed by atoms with Crippen molar-refractivity contribution in [2.45, 2.75) is 113 Å². The maximum Gasteiger partial charge on any atom is 0.264 e. The number of nitrogens with zero attached hydrogens (tertiary/aromatic N) is 2. The lowest BCUT2D eigenvalue weighted by Crippen LogP contribution is -2.48. The van der Waals surface area contributed by atoms with Crippen molar-refractivity contribution in [3.8, 4) is 11.5 Å². The number of halogens is 2. The summed E-state index contributed by atoms with van der Waals surface area (Å²) in [6.07, 6.45) is 18.1. The Balaban J connectivity index is 0.000000198. The van der Waals surface area contributed by atoms with Crippen molar-refractivity contribution < 1.29 is 46.1 Å². The SMILES string of the molecule is C=CC[C@@H](O)C[C@@H]1CC[C@H]1CN1C[C@@]2(CCCc3cc(Cl)ccc32)COc2ccc(C(=O)NS(=O)(=O)CC=C)cc21.C=CC[C@H](O)C[C@@H]1CC[C@H]1CN1C[C@@]2(CCCc3cc(Cl)ccc32)COc2ccc(C(=O)NS(=O)(=O)CC=C)cc21. The van der Waals surface area contributed by atoms with Crippen LogP contribution in [-0.4, -0.2) is 102 Å². The van der Waals surface area contributed by atoms with Gasteiger partial charge in [0.15, 0.2) is 0 Å². The molecule has 4 aliphatic carbocycles. The molecule has 8 atom stereocenters. The maximum atomic E-state index is 13.0. The topological polar surface area (TPSA) is 192 Å². The third-order valence-electron chi connectivity index (χ3n) is 17.9. The summed E-state index contributed by atoms with van der Waals surface area (Å²) in [4.78, 5) is 30.7. The fourth-order valence-corrected chi connectivity index (χ4v) is 15.5. The molecule has 0 radical (unpaired) electrons. The zero-order valence-electron chi connectivity index (χ0n) is 46.7. The number of nitrogens with one attached hydrogen (secondary N) is 2. The van der Waals surface area contributed by atoms with Gasteiger partial charge in [0, 0.05) is 58.2 Å².